The Labute approximate surface area is 295 Å². The van der Waals surface area contributed by atoms with Crippen molar-refractivity contribution in [2.45, 2.75) is 104 Å². The SMILES string of the molecule is C=C(C)[C@@H](CC)O[Si](c1ccccc1)(c1ccccc1)C(C)(C)C.C=C(C)[C@@H](CC)O[Si](c1ccccc1)(c1ccccc1)C(C)(C)C. The second-order valence-electron chi connectivity index (χ2n) is 15.0. The minimum atomic E-state index is -2.46. The predicted molar refractivity (Wildman–Crippen MR) is 215 cm³/mol. The standard InChI is InChI=1S/2C22H30OSi/c2*1-7-21(18(2)3)23-24(22(4,5)6,19-14-10-8-11-15-19)20-16-12-9-13-17-20/h2*8-17,21H,2,7H2,1,3-6H3/t2*21-/m11/s1. The van der Waals surface area contributed by atoms with Crippen molar-refractivity contribution in [1.29, 1.82) is 0 Å². The molecule has 0 heterocycles. The van der Waals surface area contributed by atoms with Gasteiger partial charge < -0.3 is 8.85 Å². The molecule has 2 atom stereocenters. The second kappa shape index (κ2) is 16.9. The fourth-order valence-electron chi connectivity index (χ4n) is 6.87. The first-order valence-electron chi connectivity index (χ1n) is 17.5. The van der Waals surface area contributed by atoms with Crippen LogP contribution in [0.4, 0.5) is 0 Å². The molecule has 0 aliphatic rings. The third-order valence-electron chi connectivity index (χ3n) is 9.31. The molecular weight excluding hydrogens is 617 g/mol. The Morgan fingerprint density at radius 1 is 0.479 bits per heavy atom. The molecule has 256 valence electrons. The van der Waals surface area contributed by atoms with Crippen LogP contribution in [0, 0.1) is 0 Å². The van der Waals surface area contributed by atoms with Crippen LogP contribution in [0.2, 0.25) is 10.1 Å². The Morgan fingerprint density at radius 2 is 0.688 bits per heavy atom. The van der Waals surface area contributed by atoms with Gasteiger partial charge in [-0.05, 0) is 57.5 Å². The lowest BCUT2D eigenvalue weighted by molar-refractivity contribution is 0.217. The monoisotopic (exact) mass is 676 g/mol. The first-order valence-corrected chi connectivity index (χ1v) is 21.4. The Balaban J connectivity index is 0.000000260. The van der Waals surface area contributed by atoms with Crippen LogP contribution < -0.4 is 20.7 Å². The Bertz CT molecular complexity index is 1350. The maximum absolute atomic E-state index is 7.02. The van der Waals surface area contributed by atoms with E-state index in [1.165, 1.54) is 20.7 Å². The fraction of sp³-hybridized carbons (Fsp3) is 0.364. The zero-order chi connectivity index (χ0) is 35.6. The molecule has 0 saturated heterocycles. The van der Waals surface area contributed by atoms with Gasteiger partial charge in [-0.25, -0.2) is 0 Å². The second-order valence-corrected chi connectivity index (χ2v) is 23.6. The van der Waals surface area contributed by atoms with Gasteiger partial charge in [-0.15, -0.1) is 0 Å². The number of hydrogen-bond acceptors (Lipinski definition) is 2. The Hall–Kier alpha value is -3.29. The molecular formula is C44H60O2Si2. The lowest BCUT2D eigenvalue weighted by Gasteiger charge is -2.45. The highest BCUT2D eigenvalue weighted by atomic mass is 28.4. The summed E-state index contributed by atoms with van der Waals surface area (Å²) in [5.74, 6) is 0. The van der Waals surface area contributed by atoms with Gasteiger partial charge in [0.05, 0.1) is 12.2 Å². The first kappa shape index (κ1) is 39.2. The van der Waals surface area contributed by atoms with Crippen molar-refractivity contribution in [1.82, 2.24) is 0 Å². The summed E-state index contributed by atoms with van der Waals surface area (Å²) in [6.07, 6.45) is 2.05. The van der Waals surface area contributed by atoms with E-state index in [0.29, 0.717) is 0 Å². The highest BCUT2D eigenvalue weighted by Crippen LogP contribution is 2.39. The number of hydrogen-bond donors (Lipinski definition) is 0. The van der Waals surface area contributed by atoms with Crippen molar-refractivity contribution in [2.75, 3.05) is 0 Å². The molecule has 0 radical (unpaired) electrons. The van der Waals surface area contributed by atoms with Crippen molar-refractivity contribution in [3.05, 3.63) is 146 Å². The van der Waals surface area contributed by atoms with Gasteiger partial charge in [0, 0.05) is 0 Å². The summed E-state index contributed by atoms with van der Waals surface area (Å²) in [5, 5.41) is 5.32. The zero-order valence-corrected chi connectivity index (χ0v) is 33.3. The first-order chi connectivity index (χ1) is 22.7. The zero-order valence-electron chi connectivity index (χ0n) is 31.3. The Kier molecular flexibility index (Phi) is 13.8. The van der Waals surface area contributed by atoms with Crippen LogP contribution >= 0.6 is 0 Å². The molecule has 0 fully saturated rings. The van der Waals surface area contributed by atoms with Crippen LogP contribution in [-0.2, 0) is 8.85 Å². The minimum Gasteiger partial charge on any atom is -0.401 e. The van der Waals surface area contributed by atoms with Crippen LogP contribution in [0.5, 0.6) is 0 Å². The van der Waals surface area contributed by atoms with Gasteiger partial charge in [0.25, 0.3) is 16.6 Å². The third-order valence-corrected chi connectivity index (χ3v) is 19.4. The number of rotatable bonds is 12. The molecule has 0 bridgehead atoms. The van der Waals surface area contributed by atoms with E-state index >= 15 is 0 Å². The molecule has 4 rings (SSSR count). The molecule has 4 aromatic carbocycles. The van der Waals surface area contributed by atoms with Crippen molar-refractivity contribution in [3.63, 3.8) is 0 Å². The maximum Gasteiger partial charge on any atom is 0.261 e. The topological polar surface area (TPSA) is 18.5 Å². The molecule has 0 aliphatic heterocycles. The molecule has 0 aromatic heterocycles. The highest BCUT2D eigenvalue weighted by molar-refractivity contribution is 7.00. The van der Waals surface area contributed by atoms with E-state index in [1.54, 1.807) is 0 Å². The summed E-state index contributed by atoms with van der Waals surface area (Å²) in [6, 6.07) is 43.1. The van der Waals surface area contributed by atoms with E-state index in [9.17, 15) is 0 Å². The normalized spacial score (nSPS) is 13.5. The number of benzene rings is 4. The van der Waals surface area contributed by atoms with Gasteiger partial charge in [0.2, 0.25) is 0 Å². The van der Waals surface area contributed by atoms with Crippen molar-refractivity contribution < 1.29 is 8.85 Å². The van der Waals surface area contributed by atoms with Crippen LogP contribution in [0.25, 0.3) is 0 Å². The van der Waals surface area contributed by atoms with Crippen molar-refractivity contribution in [2.24, 2.45) is 0 Å². The van der Waals surface area contributed by atoms with E-state index in [0.717, 1.165) is 24.0 Å². The van der Waals surface area contributed by atoms with Gasteiger partial charge >= 0.3 is 0 Å². The van der Waals surface area contributed by atoms with Gasteiger partial charge in [0.1, 0.15) is 0 Å². The van der Waals surface area contributed by atoms with Crippen LogP contribution in [0.1, 0.15) is 82.1 Å². The average Bonchev–Trinajstić information content (AvgIpc) is 3.06. The fourth-order valence-corrected chi connectivity index (χ4v) is 16.5. The summed E-state index contributed by atoms with van der Waals surface area (Å²) >= 11 is 0. The lowest BCUT2D eigenvalue weighted by atomic mass is 10.1. The van der Waals surface area contributed by atoms with Crippen LogP contribution in [0.3, 0.4) is 0 Å². The molecule has 2 nitrogen and oxygen atoms in total. The van der Waals surface area contributed by atoms with Gasteiger partial charge in [0.15, 0.2) is 0 Å². The van der Waals surface area contributed by atoms with Gasteiger partial charge in [-0.3, -0.25) is 0 Å². The molecule has 0 spiro atoms. The summed E-state index contributed by atoms with van der Waals surface area (Å²) in [5.41, 5.74) is 2.20. The predicted octanol–water partition coefficient (Wildman–Crippen LogP) is 9.84. The largest absolute Gasteiger partial charge is 0.401 e. The highest BCUT2D eigenvalue weighted by Gasteiger charge is 2.52. The molecule has 4 aromatic rings. The van der Waals surface area contributed by atoms with E-state index in [-0.39, 0.29) is 22.3 Å². The summed E-state index contributed by atoms with van der Waals surface area (Å²) < 4.78 is 14.0. The smallest absolute Gasteiger partial charge is 0.261 e. The molecule has 4 heteroatoms. The molecule has 0 saturated carbocycles. The molecule has 0 aliphatic carbocycles. The van der Waals surface area contributed by atoms with Gasteiger partial charge in [-0.2, -0.15) is 0 Å². The summed E-state index contributed by atoms with van der Waals surface area (Å²) in [7, 11) is -4.91. The van der Waals surface area contributed by atoms with Crippen LogP contribution in [0.15, 0.2) is 146 Å². The Morgan fingerprint density at radius 3 is 0.833 bits per heavy atom. The summed E-state index contributed by atoms with van der Waals surface area (Å²) in [6.45, 7) is 30.7. The lowest BCUT2D eigenvalue weighted by Crippen LogP contribution is -2.67. The van der Waals surface area contributed by atoms with E-state index in [2.05, 4.69) is 204 Å². The van der Waals surface area contributed by atoms with E-state index in [4.69, 9.17) is 8.85 Å². The maximum atomic E-state index is 7.02. The average molecular weight is 677 g/mol. The van der Waals surface area contributed by atoms with Crippen molar-refractivity contribution >= 4 is 37.4 Å². The third kappa shape index (κ3) is 8.65. The molecule has 48 heavy (non-hydrogen) atoms. The van der Waals surface area contributed by atoms with E-state index < -0.39 is 16.6 Å². The quantitative estimate of drug-likeness (QED) is 0.110. The van der Waals surface area contributed by atoms with E-state index in [1.807, 2.05) is 0 Å². The van der Waals surface area contributed by atoms with Gasteiger partial charge in [-0.1, -0.05) is 201 Å². The summed E-state index contributed by atoms with van der Waals surface area (Å²) in [4.78, 5) is 0. The molecule has 0 amide bonds. The van der Waals surface area contributed by atoms with Crippen molar-refractivity contribution in [3.8, 4) is 0 Å². The molecule has 0 N–H and O–H groups in total. The minimum absolute atomic E-state index is 0.0125. The molecule has 0 unspecified atom stereocenters. The van der Waals surface area contributed by atoms with Crippen LogP contribution in [-0.4, -0.2) is 28.8 Å².